The first kappa shape index (κ1) is 12.6. The Morgan fingerprint density at radius 3 is 2.32 bits per heavy atom. The standard InChI is InChI=1S/C16H20FNO/c17-14-8-6-13(7-9-14)15(12-4-5-12)16(19)18-10-2-1-3-11-18/h6-9,12,15H,1-5,10-11H2. The van der Waals surface area contributed by atoms with Crippen molar-refractivity contribution in [1.29, 1.82) is 0 Å². The Hall–Kier alpha value is -1.38. The van der Waals surface area contributed by atoms with E-state index in [1.54, 1.807) is 12.1 Å². The third-order valence-electron chi connectivity index (χ3n) is 4.26. The molecule has 1 saturated carbocycles. The van der Waals surface area contributed by atoms with Gasteiger partial charge in [-0.3, -0.25) is 4.79 Å². The molecular weight excluding hydrogens is 241 g/mol. The van der Waals surface area contributed by atoms with Gasteiger partial charge in [0.25, 0.3) is 0 Å². The lowest BCUT2D eigenvalue weighted by atomic mass is 9.92. The minimum absolute atomic E-state index is 0.0429. The molecule has 2 aliphatic rings. The van der Waals surface area contributed by atoms with Crippen LogP contribution in [-0.4, -0.2) is 23.9 Å². The van der Waals surface area contributed by atoms with Gasteiger partial charge < -0.3 is 4.90 Å². The lowest BCUT2D eigenvalue weighted by molar-refractivity contribution is -0.134. The first-order chi connectivity index (χ1) is 9.25. The van der Waals surface area contributed by atoms with E-state index < -0.39 is 0 Å². The molecule has 2 nitrogen and oxygen atoms in total. The molecule has 1 heterocycles. The maximum atomic E-state index is 13.0. The molecule has 2 fully saturated rings. The van der Waals surface area contributed by atoms with Crippen LogP contribution in [0.4, 0.5) is 4.39 Å². The lowest BCUT2D eigenvalue weighted by Crippen LogP contribution is -2.39. The van der Waals surface area contributed by atoms with Crippen molar-refractivity contribution < 1.29 is 9.18 Å². The van der Waals surface area contributed by atoms with E-state index in [2.05, 4.69) is 0 Å². The molecule has 0 spiro atoms. The number of nitrogens with zero attached hydrogens (tertiary/aromatic N) is 1. The van der Waals surface area contributed by atoms with Gasteiger partial charge in [-0.1, -0.05) is 12.1 Å². The van der Waals surface area contributed by atoms with Gasteiger partial charge in [0.1, 0.15) is 5.82 Å². The van der Waals surface area contributed by atoms with E-state index in [0.29, 0.717) is 5.92 Å². The Kier molecular flexibility index (Phi) is 3.54. The SMILES string of the molecule is O=C(C(c1ccc(F)cc1)C1CC1)N1CCCCC1. The van der Waals surface area contributed by atoms with Crippen LogP contribution in [0.5, 0.6) is 0 Å². The average Bonchev–Trinajstić information content (AvgIpc) is 3.27. The van der Waals surface area contributed by atoms with Crippen LogP contribution in [0, 0.1) is 11.7 Å². The summed E-state index contributed by atoms with van der Waals surface area (Å²) in [5.41, 5.74) is 0.986. The van der Waals surface area contributed by atoms with Crippen molar-refractivity contribution in [1.82, 2.24) is 4.90 Å². The molecule has 1 unspecified atom stereocenters. The number of benzene rings is 1. The van der Waals surface area contributed by atoms with E-state index in [9.17, 15) is 9.18 Å². The first-order valence-corrected chi connectivity index (χ1v) is 7.30. The topological polar surface area (TPSA) is 20.3 Å². The van der Waals surface area contributed by atoms with Crippen molar-refractivity contribution in [3.63, 3.8) is 0 Å². The maximum absolute atomic E-state index is 13.0. The fraction of sp³-hybridized carbons (Fsp3) is 0.562. The summed E-state index contributed by atoms with van der Waals surface area (Å²) in [6, 6.07) is 6.49. The van der Waals surface area contributed by atoms with Crippen LogP contribution in [0.3, 0.4) is 0 Å². The van der Waals surface area contributed by atoms with Gasteiger partial charge in [-0.05, 0) is 55.7 Å². The first-order valence-electron chi connectivity index (χ1n) is 7.30. The zero-order chi connectivity index (χ0) is 13.2. The number of piperidine rings is 1. The highest BCUT2D eigenvalue weighted by Gasteiger charge is 2.39. The number of carbonyl (C=O) groups excluding carboxylic acids is 1. The van der Waals surface area contributed by atoms with Gasteiger partial charge >= 0.3 is 0 Å². The number of likely N-dealkylation sites (tertiary alicyclic amines) is 1. The van der Waals surface area contributed by atoms with Gasteiger partial charge in [-0.2, -0.15) is 0 Å². The summed E-state index contributed by atoms with van der Waals surface area (Å²) < 4.78 is 13.0. The molecule has 1 atom stereocenters. The van der Waals surface area contributed by atoms with Crippen molar-refractivity contribution in [3.05, 3.63) is 35.6 Å². The molecule has 0 bridgehead atoms. The predicted octanol–water partition coefficient (Wildman–Crippen LogP) is 3.33. The third kappa shape index (κ3) is 2.80. The highest BCUT2D eigenvalue weighted by molar-refractivity contribution is 5.84. The number of carbonyl (C=O) groups is 1. The molecule has 0 radical (unpaired) electrons. The second-order valence-electron chi connectivity index (χ2n) is 5.75. The predicted molar refractivity (Wildman–Crippen MR) is 72.3 cm³/mol. The second-order valence-corrected chi connectivity index (χ2v) is 5.75. The van der Waals surface area contributed by atoms with Gasteiger partial charge in [0.15, 0.2) is 0 Å². The van der Waals surface area contributed by atoms with Crippen molar-refractivity contribution in [2.24, 2.45) is 5.92 Å². The highest BCUT2D eigenvalue weighted by atomic mass is 19.1. The van der Waals surface area contributed by atoms with Crippen LogP contribution in [0.15, 0.2) is 24.3 Å². The quantitative estimate of drug-likeness (QED) is 0.817. The van der Waals surface area contributed by atoms with E-state index >= 15 is 0 Å². The zero-order valence-corrected chi connectivity index (χ0v) is 11.1. The number of hydrogen-bond donors (Lipinski definition) is 0. The van der Waals surface area contributed by atoms with E-state index in [4.69, 9.17) is 0 Å². The largest absolute Gasteiger partial charge is 0.342 e. The molecule has 0 aromatic heterocycles. The van der Waals surface area contributed by atoms with Crippen LogP contribution in [0.25, 0.3) is 0 Å². The van der Waals surface area contributed by atoms with Crippen molar-refractivity contribution in [3.8, 4) is 0 Å². The Bertz CT molecular complexity index is 446. The normalized spacial score (nSPS) is 21.2. The Morgan fingerprint density at radius 2 is 1.74 bits per heavy atom. The molecule has 1 aromatic rings. The van der Waals surface area contributed by atoms with Crippen LogP contribution in [0.1, 0.15) is 43.6 Å². The minimum Gasteiger partial charge on any atom is -0.342 e. The van der Waals surface area contributed by atoms with Crippen molar-refractivity contribution >= 4 is 5.91 Å². The molecule has 1 aliphatic carbocycles. The number of hydrogen-bond acceptors (Lipinski definition) is 1. The molecule has 1 aliphatic heterocycles. The number of halogens is 1. The van der Waals surface area contributed by atoms with Gasteiger partial charge in [-0.15, -0.1) is 0 Å². The zero-order valence-electron chi connectivity index (χ0n) is 11.1. The minimum atomic E-state index is -0.233. The molecule has 102 valence electrons. The van der Waals surface area contributed by atoms with Gasteiger partial charge in [0, 0.05) is 13.1 Å². The van der Waals surface area contributed by atoms with Gasteiger partial charge in [-0.25, -0.2) is 4.39 Å². The van der Waals surface area contributed by atoms with E-state index in [1.165, 1.54) is 18.6 Å². The van der Waals surface area contributed by atoms with E-state index in [1.807, 2.05) is 4.90 Å². The Balaban J connectivity index is 1.80. The highest BCUT2D eigenvalue weighted by Crippen LogP contribution is 2.43. The summed E-state index contributed by atoms with van der Waals surface area (Å²) in [7, 11) is 0. The van der Waals surface area contributed by atoms with E-state index in [-0.39, 0.29) is 17.6 Å². The molecule has 0 N–H and O–H groups in total. The van der Waals surface area contributed by atoms with E-state index in [0.717, 1.165) is 44.3 Å². The van der Waals surface area contributed by atoms with Crippen molar-refractivity contribution in [2.75, 3.05) is 13.1 Å². The third-order valence-corrected chi connectivity index (χ3v) is 4.26. The molecule has 1 aromatic carbocycles. The summed E-state index contributed by atoms with van der Waals surface area (Å²) in [4.78, 5) is 14.7. The Labute approximate surface area is 113 Å². The summed E-state index contributed by atoms with van der Waals surface area (Å²) >= 11 is 0. The lowest BCUT2D eigenvalue weighted by Gasteiger charge is -2.30. The van der Waals surface area contributed by atoms with Crippen molar-refractivity contribution in [2.45, 2.75) is 38.0 Å². The second kappa shape index (κ2) is 5.32. The van der Waals surface area contributed by atoms with Crippen LogP contribution in [-0.2, 0) is 4.79 Å². The fourth-order valence-corrected chi connectivity index (χ4v) is 3.03. The van der Waals surface area contributed by atoms with Crippen LogP contribution < -0.4 is 0 Å². The molecule has 3 rings (SSSR count). The van der Waals surface area contributed by atoms with Gasteiger partial charge in [0.2, 0.25) is 5.91 Å². The smallest absolute Gasteiger partial charge is 0.230 e. The number of rotatable bonds is 3. The summed E-state index contributed by atoms with van der Waals surface area (Å²) in [5, 5.41) is 0. The Morgan fingerprint density at radius 1 is 1.11 bits per heavy atom. The molecule has 1 amide bonds. The summed E-state index contributed by atoms with van der Waals surface area (Å²) in [5.74, 6) is 0.455. The molecule has 3 heteroatoms. The summed E-state index contributed by atoms with van der Waals surface area (Å²) in [6.45, 7) is 1.78. The van der Waals surface area contributed by atoms with Gasteiger partial charge in [0.05, 0.1) is 5.92 Å². The maximum Gasteiger partial charge on any atom is 0.230 e. The average molecular weight is 261 g/mol. The molecule has 19 heavy (non-hydrogen) atoms. The fourth-order valence-electron chi connectivity index (χ4n) is 3.03. The molecule has 1 saturated heterocycles. The monoisotopic (exact) mass is 261 g/mol. The summed E-state index contributed by atoms with van der Waals surface area (Å²) in [6.07, 6.45) is 5.72. The molecular formula is C16H20FNO. The van der Waals surface area contributed by atoms with Crippen LogP contribution >= 0.6 is 0 Å². The number of amides is 1. The van der Waals surface area contributed by atoms with Crippen LogP contribution in [0.2, 0.25) is 0 Å².